The molecule has 1 N–H and O–H groups in total. The second-order valence-corrected chi connectivity index (χ2v) is 6.44. The van der Waals surface area contributed by atoms with E-state index in [9.17, 15) is 18.0 Å². The van der Waals surface area contributed by atoms with Gasteiger partial charge in [0.05, 0.1) is 11.1 Å². The first-order valence-corrected chi connectivity index (χ1v) is 8.26. The molecular weight excluding hydrogens is 359 g/mol. The molecule has 136 valence electrons. The Morgan fingerprint density at radius 3 is 2.76 bits per heavy atom. The minimum Gasteiger partial charge on any atom is -0.381 e. The second-order valence-electron chi connectivity index (χ2n) is 6.05. The fourth-order valence-electron chi connectivity index (χ4n) is 2.88. The summed E-state index contributed by atoms with van der Waals surface area (Å²) in [5.41, 5.74) is 0.378. The molecule has 0 bridgehead atoms. The van der Waals surface area contributed by atoms with Gasteiger partial charge in [0, 0.05) is 37.0 Å². The van der Waals surface area contributed by atoms with Gasteiger partial charge in [-0.1, -0.05) is 11.6 Å². The third-order valence-electron chi connectivity index (χ3n) is 4.38. The van der Waals surface area contributed by atoms with Gasteiger partial charge in [-0.15, -0.1) is 0 Å². The summed E-state index contributed by atoms with van der Waals surface area (Å²) in [6, 6.07) is -0.511. The molecule has 0 aromatic carbocycles. The molecule has 3 rings (SSSR count). The van der Waals surface area contributed by atoms with Crippen LogP contribution in [0.25, 0.3) is 10.9 Å². The Kier molecular flexibility index (Phi) is 4.92. The van der Waals surface area contributed by atoms with Crippen molar-refractivity contribution in [3.8, 4) is 0 Å². The molecule has 2 aromatic heterocycles. The van der Waals surface area contributed by atoms with Crippen LogP contribution in [0.5, 0.6) is 0 Å². The van der Waals surface area contributed by atoms with E-state index < -0.39 is 18.1 Å². The van der Waals surface area contributed by atoms with E-state index in [1.807, 2.05) is 0 Å². The molecule has 1 aliphatic heterocycles. The highest BCUT2D eigenvalue weighted by Crippen LogP contribution is 2.35. The average Bonchev–Trinajstić information content (AvgIpc) is 2.92. The molecule has 0 aliphatic carbocycles. The number of nitrogens with one attached hydrogen (secondary N) is 1. The topological polar surface area (TPSA) is 56.2 Å². The SMILES string of the molecule is CC(n1cc(C(=O)NC2CCOCC2)c2cnc(Cl)cc21)C(F)(F)F. The van der Waals surface area contributed by atoms with Gasteiger partial charge < -0.3 is 14.6 Å². The third kappa shape index (κ3) is 3.74. The number of halogens is 4. The van der Waals surface area contributed by atoms with Crippen molar-refractivity contribution in [3.63, 3.8) is 0 Å². The minimum absolute atomic E-state index is 0.0556. The van der Waals surface area contributed by atoms with Crippen LogP contribution in [-0.4, -0.2) is 40.9 Å². The highest BCUT2D eigenvalue weighted by Gasteiger charge is 2.38. The molecule has 1 saturated heterocycles. The second kappa shape index (κ2) is 6.84. The van der Waals surface area contributed by atoms with E-state index in [2.05, 4.69) is 10.3 Å². The van der Waals surface area contributed by atoms with E-state index in [-0.39, 0.29) is 22.3 Å². The maximum absolute atomic E-state index is 13.2. The number of alkyl halides is 3. The molecule has 9 heteroatoms. The summed E-state index contributed by atoms with van der Waals surface area (Å²) in [6.45, 7) is 2.14. The molecule has 0 saturated carbocycles. The van der Waals surface area contributed by atoms with Crippen LogP contribution in [0.1, 0.15) is 36.2 Å². The zero-order valence-electron chi connectivity index (χ0n) is 13.4. The van der Waals surface area contributed by atoms with E-state index in [0.29, 0.717) is 31.4 Å². The van der Waals surface area contributed by atoms with Crippen LogP contribution < -0.4 is 5.32 Å². The lowest BCUT2D eigenvalue weighted by Crippen LogP contribution is -2.38. The predicted molar refractivity (Wildman–Crippen MR) is 86.8 cm³/mol. The molecule has 1 aliphatic rings. The van der Waals surface area contributed by atoms with Gasteiger partial charge in [0.2, 0.25) is 0 Å². The van der Waals surface area contributed by atoms with Crippen molar-refractivity contribution >= 4 is 28.4 Å². The highest BCUT2D eigenvalue weighted by molar-refractivity contribution is 6.30. The van der Waals surface area contributed by atoms with Crippen molar-refractivity contribution in [2.45, 2.75) is 38.0 Å². The van der Waals surface area contributed by atoms with Crippen molar-refractivity contribution in [1.29, 1.82) is 0 Å². The van der Waals surface area contributed by atoms with E-state index in [4.69, 9.17) is 16.3 Å². The summed E-state index contributed by atoms with van der Waals surface area (Å²) in [4.78, 5) is 16.5. The standard InChI is InChI=1S/C16H17ClF3N3O2/c1-9(16(18,19)20)23-8-12(11-7-21-14(17)6-13(11)23)15(24)22-10-2-4-25-5-3-10/h6-10H,2-5H2,1H3,(H,22,24). The first kappa shape index (κ1) is 18.0. The van der Waals surface area contributed by atoms with Crippen molar-refractivity contribution in [2.75, 3.05) is 13.2 Å². The van der Waals surface area contributed by atoms with Crippen LogP contribution in [-0.2, 0) is 4.74 Å². The highest BCUT2D eigenvalue weighted by atomic mass is 35.5. The summed E-state index contributed by atoms with van der Waals surface area (Å²) >= 11 is 5.83. The number of rotatable bonds is 3. The lowest BCUT2D eigenvalue weighted by atomic mass is 10.1. The number of nitrogens with zero attached hydrogens (tertiary/aromatic N) is 2. The Bertz CT molecular complexity index is 785. The number of pyridine rings is 1. The van der Waals surface area contributed by atoms with Crippen LogP contribution in [0.15, 0.2) is 18.5 Å². The monoisotopic (exact) mass is 375 g/mol. The van der Waals surface area contributed by atoms with Crippen molar-refractivity contribution in [2.24, 2.45) is 0 Å². The van der Waals surface area contributed by atoms with Crippen LogP contribution in [0, 0.1) is 0 Å². The number of carbonyl (C=O) groups excluding carboxylic acids is 1. The van der Waals surface area contributed by atoms with E-state index >= 15 is 0 Å². The predicted octanol–water partition coefficient (Wildman–Crippen LogP) is 3.72. The lowest BCUT2D eigenvalue weighted by Gasteiger charge is -2.23. The Balaban J connectivity index is 1.99. The number of carbonyl (C=O) groups is 1. The fourth-order valence-corrected chi connectivity index (χ4v) is 3.04. The van der Waals surface area contributed by atoms with Crippen molar-refractivity contribution < 1.29 is 22.7 Å². The van der Waals surface area contributed by atoms with Crippen LogP contribution >= 0.6 is 11.6 Å². The third-order valence-corrected chi connectivity index (χ3v) is 4.58. The Morgan fingerprint density at radius 2 is 2.12 bits per heavy atom. The van der Waals surface area contributed by atoms with Gasteiger partial charge in [-0.2, -0.15) is 13.2 Å². The molecule has 0 spiro atoms. The zero-order valence-corrected chi connectivity index (χ0v) is 14.2. The molecule has 25 heavy (non-hydrogen) atoms. The number of amides is 1. The maximum atomic E-state index is 13.2. The van der Waals surface area contributed by atoms with Crippen LogP contribution in [0.4, 0.5) is 13.2 Å². The summed E-state index contributed by atoms with van der Waals surface area (Å²) in [5.74, 6) is -0.422. The Morgan fingerprint density at radius 1 is 1.44 bits per heavy atom. The quantitative estimate of drug-likeness (QED) is 0.832. The first-order chi connectivity index (χ1) is 11.8. The van der Waals surface area contributed by atoms with E-state index in [0.717, 1.165) is 11.5 Å². The number of hydrogen-bond acceptors (Lipinski definition) is 3. The smallest absolute Gasteiger partial charge is 0.381 e. The summed E-state index contributed by atoms with van der Waals surface area (Å²) in [5, 5.41) is 3.26. The average molecular weight is 376 g/mol. The van der Waals surface area contributed by atoms with Crippen LogP contribution in [0.2, 0.25) is 5.15 Å². The van der Waals surface area contributed by atoms with Crippen molar-refractivity contribution in [3.05, 3.63) is 29.2 Å². The number of ether oxygens (including phenoxy) is 1. The molecule has 5 nitrogen and oxygen atoms in total. The zero-order chi connectivity index (χ0) is 18.2. The van der Waals surface area contributed by atoms with Crippen LogP contribution in [0.3, 0.4) is 0 Å². The Labute approximate surface area is 147 Å². The van der Waals surface area contributed by atoms with Gasteiger partial charge >= 0.3 is 6.18 Å². The molecule has 1 amide bonds. The maximum Gasteiger partial charge on any atom is 0.408 e. The Hall–Kier alpha value is -1.80. The molecule has 1 atom stereocenters. The van der Waals surface area contributed by atoms with Gasteiger partial charge in [-0.3, -0.25) is 4.79 Å². The van der Waals surface area contributed by atoms with E-state index in [1.165, 1.54) is 18.5 Å². The molecule has 1 unspecified atom stereocenters. The van der Waals surface area contributed by atoms with Gasteiger partial charge in [-0.25, -0.2) is 4.98 Å². The fraction of sp³-hybridized carbons (Fsp3) is 0.500. The molecule has 3 heterocycles. The number of fused-ring (bicyclic) bond motifs is 1. The van der Waals surface area contributed by atoms with Gasteiger partial charge in [0.1, 0.15) is 11.2 Å². The molecule has 0 radical (unpaired) electrons. The van der Waals surface area contributed by atoms with Gasteiger partial charge in [0.25, 0.3) is 5.91 Å². The first-order valence-electron chi connectivity index (χ1n) is 7.89. The molecule has 2 aromatic rings. The molecular formula is C16H17ClF3N3O2. The molecule has 1 fully saturated rings. The largest absolute Gasteiger partial charge is 0.408 e. The summed E-state index contributed by atoms with van der Waals surface area (Å²) in [6.07, 6.45) is -0.553. The van der Waals surface area contributed by atoms with Gasteiger partial charge in [0.15, 0.2) is 0 Å². The number of aromatic nitrogens is 2. The van der Waals surface area contributed by atoms with Gasteiger partial charge in [-0.05, 0) is 25.8 Å². The summed E-state index contributed by atoms with van der Waals surface area (Å²) < 4.78 is 45.7. The van der Waals surface area contributed by atoms with Crippen molar-refractivity contribution in [1.82, 2.24) is 14.9 Å². The minimum atomic E-state index is -4.45. The van der Waals surface area contributed by atoms with E-state index in [1.54, 1.807) is 0 Å². The normalized spacial score (nSPS) is 17.6. The number of hydrogen-bond donors (Lipinski definition) is 1. The summed E-state index contributed by atoms with van der Waals surface area (Å²) in [7, 11) is 0. The lowest BCUT2D eigenvalue weighted by molar-refractivity contribution is -0.162.